The minimum absolute atomic E-state index is 0.644. The maximum Gasteiger partial charge on any atom is 0.200 e. The highest BCUT2D eigenvalue weighted by atomic mass is 19.2. The van der Waals surface area contributed by atoms with Crippen molar-refractivity contribution in [3.63, 3.8) is 0 Å². The predicted octanol–water partition coefficient (Wildman–Crippen LogP) is 4.85. The lowest BCUT2D eigenvalue weighted by molar-refractivity contribution is 0.121. The molecule has 0 heterocycles. The molecule has 1 aromatic rings. The molecule has 0 radical (unpaired) electrons. The Morgan fingerprint density at radius 2 is 1.24 bits per heavy atom. The van der Waals surface area contributed by atoms with Gasteiger partial charge in [-0.3, -0.25) is 0 Å². The number of halogens is 5. The summed E-state index contributed by atoms with van der Waals surface area (Å²) in [6.45, 7) is 3.03. The van der Waals surface area contributed by atoms with E-state index < -0.39 is 41.3 Å². The molecule has 0 aliphatic carbocycles. The van der Waals surface area contributed by atoms with Crippen LogP contribution in [-0.4, -0.2) is 5.71 Å². The highest BCUT2D eigenvalue weighted by Gasteiger charge is 2.25. The van der Waals surface area contributed by atoms with Gasteiger partial charge < -0.3 is 4.84 Å². The van der Waals surface area contributed by atoms with Crippen molar-refractivity contribution in [2.24, 2.45) is 5.16 Å². The summed E-state index contributed by atoms with van der Waals surface area (Å²) >= 11 is 0. The topological polar surface area (TPSA) is 21.6 Å². The molecule has 0 aliphatic rings. The van der Waals surface area contributed by atoms with E-state index in [1.54, 1.807) is 0 Å². The van der Waals surface area contributed by atoms with E-state index >= 15 is 0 Å². The van der Waals surface area contributed by atoms with Gasteiger partial charge in [-0.2, -0.15) is 0 Å². The Bertz CT molecular complexity index is 494. The largest absolute Gasteiger partial charge is 0.391 e. The fourth-order valence-corrected chi connectivity index (χ4v) is 1.76. The van der Waals surface area contributed by atoms with Gasteiger partial charge in [0.25, 0.3) is 0 Å². The van der Waals surface area contributed by atoms with Gasteiger partial charge in [-0.1, -0.05) is 31.8 Å². The second kappa shape index (κ2) is 7.95. The molecule has 0 saturated carbocycles. The third kappa shape index (κ3) is 4.15. The van der Waals surface area contributed by atoms with E-state index in [1.165, 1.54) is 0 Å². The van der Waals surface area contributed by atoms with E-state index in [1.807, 2.05) is 13.8 Å². The summed E-state index contributed by atoms with van der Waals surface area (Å²) in [5, 5.41) is 3.71. The van der Waals surface area contributed by atoms with Crippen molar-refractivity contribution in [3.05, 3.63) is 34.6 Å². The molecule has 2 nitrogen and oxygen atoms in total. The smallest absolute Gasteiger partial charge is 0.200 e. The first-order valence-electron chi connectivity index (χ1n) is 6.61. The summed E-state index contributed by atoms with van der Waals surface area (Å²) in [5.41, 5.74) is -0.341. The summed E-state index contributed by atoms with van der Waals surface area (Å²) in [6.07, 6.45) is 2.91. The van der Waals surface area contributed by atoms with Gasteiger partial charge in [-0.15, -0.1) is 0 Å². The molecular weight excluding hydrogens is 293 g/mol. The average Bonchev–Trinajstić information content (AvgIpc) is 2.47. The van der Waals surface area contributed by atoms with Gasteiger partial charge in [0, 0.05) is 0 Å². The Morgan fingerprint density at radius 3 is 1.67 bits per heavy atom. The van der Waals surface area contributed by atoms with Crippen LogP contribution in [0.4, 0.5) is 22.0 Å². The van der Waals surface area contributed by atoms with Crippen molar-refractivity contribution in [1.29, 1.82) is 0 Å². The van der Waals surface area contributed by atoms with Gasteiger partial charge >= 0.3 is 0 Å². The number of oxime groups is 1. The van der Waals surface area contributed by atoms with Crippen molar-refractivity contribution >= 4 is 5.71 Å². The Balaban J connectivity index is 2.92. The van der Waals surface area contributed by atoms with Crippen LogP contribution in [0, 0.1) is 29.1 Å². The number of hydrogen-bond donors (Lipinski definition) is 0. The summed E-state index contributed by atoms with van der Waals surface area (Å²) in [5.74, 6) is -9.95. The molecule has 0 unspecified atom stereocenters. The summed E-state index contributed by atoms with van der Waals surface area (Å²) in [6, 6.07) is 0. The molecule has 0 saturated heterocycles. The molecule has 0 N–H and O–H groups in total. The van der Waals surface area contributed by atoms with Crippen molar-refractivity contribution in [3.8, 4) is 0 Å². The van der Waals surface area contributed by atoms with Crippen molar-refractivity contribution in [2.75, 3.05) is 0 Å². The van der Waals surface area contributed by atoms with Crippen LogP contribution in [0.25, 0.3) is 0 Å². The van der Waals surface area contributed by atoms with Gasteiger partial charge in [0.1, 0.15) is 6.61 Å². The Hall–Kier alpha value is -1.66. The fraction of sp³-hybridized carbons (Fsp3) is 0.500. The standard InChI is InChI=1S/C14H16F5NO/c1-3-5-8(6-4-2)20-21-7-9-10(15)12(17)14(19)13(18)11(9)16/h3-7H2,1-2H3. The van der Waals surface area contributed by atoms with Crippen molar-refractivity contribution in [2.45, 2.75) is 46.1 Å². The summed E-state index contributed by atoms with van der Waals surface area (Å²) in [7, 11) is 0. The highest BCUT2D eigenvalue weighted by Crippen LogP contribution is 2.23. The minimum Gasteiger partial charge on any atom is -0.391 e. The fourth-order valence-electron chi connectivity index (χ4n) is 1.76. The Morgan fingerprint density at radius 1 is 0.810 bits per heavy atom. The quantitative estimate of drug-likeness (QED) is 0.232. The number of benzene rings is 1. The van der Waals surface area contributed by atoms with E-state index in [2.05, 4.69) is 5.16 Å². The van der Waals surface area contributed by atoms with Gasteiger partial charge in [0.05, 0.1) is 11.3 Å². The first-order chi connectivity index (χ1) is 9.93. The molecule has 0 aliphatic heterocycles. The molecule has 0 amide bonds. The molecule has 0 fully saturated rings. The van der Waals surface area contributed by atoms with Crippen molar-refractivity contribution < 1.29 is 26.8 Å². The van der Waals surface area contributed by atoms with E-state index in [-0.39, 0.29) is 0 Å². The molecule has 21 heavy (non-hydrogen) atoms. The molecule has 0 bridgehead atoms. The summed E-state index contributed by atoms with van der Waals surface area (Å²) in [4.78, 5) is 4.75. The van der Waals surface area contributed by atoms with Crippen LogP contribution >= 0.6 is 0 Å². The lowest BCUT2D eigenvalue weighted by Gasteiger charge is -2.08. The maximum absolute atomic E-state index is 13.4. The minimum atomic E-state index is -2.19. The monoisotopic (exact) mass is 309 g/mol. The Kier molecular flexibility index (Phi) is 6.58. The van der Waals surface area contributed by atoms with Crippen molar-refractivity contribution in [1.82, 2.24) is 0 Å². The molecule has 118 valence electrons. The second-order valence-corrected chi connectivity index (χ2v) is 4.48. The Labute approximate surface area is 119 Å². The van der Waals surface area contributed by atoms with E-state index in [9.17, 15) is 22.0 Å². The number of rotatable bonds is 7. The predicted molar refractivity (Wildman–Crippen MR) is 68.3 cm³/mol. The van der Waals surface area contributed by atoms with Crippen LogP contribution in [0.2, 0.25) is 0 Å². The van der Waals surface area contributed by atoms with Crippen LogP contribution in [0.3, 0.4) is 0 Å². The number of hydrogen-bond acceptors (Lipinski definition) is 2. The van der Waals surface area contributed by atoms with Crippen LogP contribution in [-0.2, 0) is 11.4 Å². The molecule has 1 rings (SSSR count). The van der Waals surface area contributed by atoms with Gasteiger partial charge in [-0.25, -0.2) is 22.0 Å². The molecule has 0 atom stereocenters. The first kappa shape index (κ1) is 17.4. The molecule has 1 aromatic carbocycles. The van der Waals surface area contributed by atoms with Crippen LogP contribution in [0.5, 0.6) is 0 Å². The molecule has 0 aromatic heterocycles. The third-order valence-corrected chi connectivity index (χ3v) is 2.78. The zero-order valence-electron chi connectivity index (χ0n) is 11.8. The highest BCUT2D eigenvalue weighted by molar-refractivity contribution is 5.83. The van der Waals surface area contributed by atoms with Gasteiger partial charge in [-0.05, 0) is 12.8 Å². The lowest BCUT2D eigenvalue weighted by atomic mass is 10.1. The van der Waals surface area contributed by atoms with E-state index in [4.69, 9.17) is 4.84 Å². The zero-order valence-corrected chi connectivity index (χ0v) is 11.8. The molecule has 7 heteroatoms. The lowest BCUT2D eigenvalue weighted by Crippen LogP contribution is -2.08. The maximum atomic E-state index is 13.4. The van der Waals surface area contributed by atoms with Crippen LogP contribution < -0.4 is 0 Å². The average molecular weight is 309 g/mol. The molecular formula is C14H16F5NO. The van der Waals surface area contributed by atoms with E-state index in [0.717, 1.165) is 12.8 Å². The molecule has 0 spiro atoms. The third-order valence-electron chi connectivity index (χ3n) is 2.78. The van der Waals surface area contributed by atoms with Gasteiger partial charge in [0.15, 0.2) is 23.3 Å². The van der Waals surface area contributed by atoms with Crippen LogP contribution in [0.1, 0.15) is 45.1 Å². The zero-order chi connectivity index (χ0) is 16.0. The number of nitrogens with zero attached hydrogens (tertiary/aromatic N) is 1. The van der Waals surface area contributed by atoms with Gasteiger partial charge in [0.2, 0.25) is 5.82 Å². The van der Waals surface area contributed by atoms with E-state index in [0.29, 0.717) is 18.6 Å². The first-order valence-corrected chi connectivity index (χ1v) is 6.61. The SMILES string of the molecule is CCCC(CCC)=NOCc1c(F)c(F)c(F)c(F)c1F. The van der Waals surface area contributed by atoms with Crippen LogP contribution in [0.15, 0.2) is 5.16 Å². The second-order valence-electron chi connectivity index (χ2n) is 4.48. The summed E-state index contributed by atoms with van der Waals surface area (Å²) < 4.78 is 65.6. The normalized spacial score (nSPS) is 10.6.